The molecule has 4 aromatic rings. The molecule has 0 spiro atoms. The van der Waals surface area contributed by atoms with Gasteiger partial charge < -0.3 is 19.3 Å². The number of aromatic nitrogens is 4. The standard InChI is InChI=1S/C28H25F3N6O3/c29-20-11-21-22(10-17(20)15-12-32-28(33-13-15)36-7-5-35(6-8-36)14-24(38)39)37-25(18-9-19(18)26(37)34-21)16-3-1-2-4-23(16)40-27(30)31/h1-4,10-13,18-19,25,27H,5-9,14H2,(H,38,39)/t18-,19+,25-/m1/s1. The zero-order chi connectivity index (χ0) is 27.5. The van der Waals surface area contributed by atoms with Crippen molar-refractivity contribution >= 4 is 23.0 Å². The third-order valence-corrected chi connectivity index (χ3v) is 8.08. The molecule has 3 atom stereocenters. The first-order chi connectivity index (χ1) is 19.4. The molecule has 40 heavy (non-hydrogen) atoms. The van der Waals surface area contributed by atoms with Gasteiger partial charge >= 0.3 is 12.6 Å². The van der Waals surface area contributed by atoms with Crippen LogP contribution < -0.4 is 9.64 Å². The summed E-state index contributed by atoms with van der Waals surface area (Å²) in [6, 6.07) is 9.72. The van der Waals surface area contributed by atoms with E-state index in [9.17, 15) is 13.6 Å². The maximum Gasteiger partial charge on any atom is 0.387 e. The highest BCUT2D eigenvalue weighted by Gasteiger charge is 2.55. The summed E-state index contributed by atoms with van der Waals surface area (Å²) in [4.78, 5) is 28.5. The number of hydrogen-bond donors (Lipinski definition) is 1. The number of carbonyl (C=O) groups is 1. The van der Waals surface area contributed by atoms with Gasteiger partial charge in [0, 0.05) is 67.2 Å². The van der Waals surface area contributed by atoms with E-state index < -0.39 is 18.4 Å². The van der Waals surface area contributed by atoms with Crippen LogP contribution in [0, 0.1) is 11.7 Å². The van der Waals surface area contributed by atoms with Crippen molar-refractivity contribution < 1.29 is 27.8 Å². The van der Waals surface area contributed by atoms with Crippen molar-refractivity contribution in [1.29, 1.82) is 0 Å². The number of carboxylic acids is 1. The first-order valence-corrected chi connectivity index (χ1v) is 13.1. The fourth-order valence-corrected chi connectivity index (χ4v) is 6.18. The predicted molar refractivity (Wildman–Crippen MR) is 139 cm³/mol. The maximum absolute atomic E-state index is 15.3. The molecule has 4 heterocycles. The fourth-order valence-electron chi connectivity index (χ4n) is 6.18. The van der Waals surface area contributed by atoms with Gasteiger partial charge in [0.15, 0.2) is 0 Å². The van der Waals surface area contributed by atoms with Gasteiger partial charge in [0.1, 0.15) is 17.4 Å². The van der Waals surface area contributed by atoms with Crippen LogP contribution in [-0.4, -0.2) is 74.8 Å². The van der Waals surface area contributed by atoms with Gasteiger partial charge in [0.2, 0.25) is 5.95 Å². The van der Waals surface area contributed by atoms with Crippen molar-refractivity contribution in [3.8, 4) is 16.9 Å². The Morgan fingerprint density at radius 3 is 2.58 bits per heavy atom. The normalized spacial score (nSPS) is 22.0. The molecule has 206 valence electrons. The topological polar surface area (TPSA) is 96.6 Å². The average Bonchev–Trinajstić information content (AvgIpc) is 3.54. The third kappa shape index (κ3) is 4.23. The molecule has 3 aliphatic rings. The Labute approximate surface area is 226 Å². The summed E-state index contributed by atoms with van der Waals surface area (Å²) in [5.41, 5.74) is 2.72. The Bertz CT molecular complexity index is 1600. The van der Waals surface area contributed by atoms with Gasteiger partial charge in [-0.15, -0.1) is 0 Å². The molecule has 2 aliphatic heterocycles. The first kappa shape index (κ1) is 24.8. The van der Waals surface area contributed by atoms with Gasteiger partial charge in [-0.1, -0.05) is 18.2 Å². The molecule has 1 aliphatic carbocycles. The highest BCUT2D eigenvalue weighted by Crippen LogP contribution is 2.63. The molecular formula is C28H25F3N6O3. The van der Waals surface area contributed by atoms with Crippen LogP contribution in [0.1, 0.15) is 29.8 Å². The van der Waals surface area contributed by atoms with E-state index in [1.165, 1.54) is 6.07 Å². The number of piperazine rings is 1. The molecule has 9 nitrogen and oxygen atoms in total. The van der Waals surface area contributed by atoms with E-state index in [2.05, 4.69) is 9.97 Å². The molecule has 1 saturated heterocycles. The van der Waals surface area contributed by atoms with Crippen LogP contribution in [-0.2, 0) is 4.79 Å². The number of rotatable bonds is 7. The number of aliphatic carboxylic acids is 1. The van der Waals surface area contributed by atoms with E-state index >= 15 is 4.39 Å². The van der Waals surface area contributed by atoms with Crippen LogP contribution in [0.4, 0.5) is 19.1 Å². The van der Waals surface area contributed by atoms with Gasteiger partial charge in [-0.05, 0) is 24.5 Å². The monoisotopic (exact) mass is 550 g/mol. The number of halogens is 3. The molecule has 0 bridgehead atoms. The number of carboxylic acid groups (broad SMARTS) is 1. The van der Waals surface area contributed by atoms with E-state index in [1.807, 2.05) is 14.4 Å². The summed E-state index contributed by atoms with van der Waals surface area (Å²) >= 11 is 0. The largest absolute Gasteiger partial charge is 0.480 e. The minimum absolute atomic E-state index is 0.000859. The predicted octanol–water partition coefficient (Wildman–Crippen LogP) is 4.15. The van der Waals surface area contributed by atoms with Crippen LogP contribution in [0.15, 0.2) is 48.8 Å². The van der Waals surface area contributed by atoms with Gasteiger partial charge in [-0.3, -0.25) is 9.69 Å². The SMILES string of the molecule is O=C(O)CN1CCN(c2ncc(-c3cc4c(cc3F)nc3n4[C@H](c4ccccc4OC(F)F)[C@@H]4C[C@H]34)cn2)CC1. The maximum atomic E-state index is 15.3. The molecular weight excluding hydrogens is 525 g/mol. The van der Waals surface area contributed by atoms with Crippen LogP contribution in [0.25, 0.3) is 22.2 Å². The molecule has 12 heteroatoms. The van der Waals surface area contributed by atoms with Crippen LogP contribution in [0.3, 0.4) is 0 Å². The Balaban J connectivity index is 1.20. The molecule has 0 unspecified atom stereocenters. The number of para-hydroxylation sites is 1. The molecule has 0 amide bonds. The van der Waals surface area contributed by atoms with Crippen molar-refractivity contribution in [1.82, 2.24) is 24.4 Å². The number of benzene rings is 2. The Hall–Kier alpha value is -4.19. The Morgan fingerprint density at radius 1 is 1.10 bits per heavy atom. The lowest BCUT2D eigenvalue weighted by Gasteiger charge is -2.33. The van der Waals surface area contributed by atoms with Crippen LogP contribution in [0.2, 0.25) is 0 Å². The van der Waals surface area contributed by atoms with Gasteiger partial charge in [-0.2, -0.15) is 8.78 Å². The number of fused-ring (bicyclic) bond motifs is 5. The molecule has 7 rings (SSSR count). The fraction of sp³-hybridized carbons (Fsp3) is 0.357. The van der Waals surface area contributed by atoms with Crippen LogP contribution in [0.5, 0.6) is 5.75 Å². The van der Waals surface area contributed by atoms with Crippen molar-refractivity contribution in [2.24, 2.45) is 5.92 Å². The van der Waals surface area contributed by atoms with E-state index in [1.54, 1.807) is 42.7 Å². The Morgan fingerprint density at radius 2 is 1.85 bits per heavy atom. The number of nitrogens with zero attached hydrogens (tertiary/aromatic N) is 6. The smallest absolute Gasteiger partial charge is 0.387 e. The van der Waals surface area contributed by atoms with Crippen molar-refractivity contribution in [2.45, 2.75) is 25.0 Å². The number of anilines is 1. The summed E-state index contributed by atoms with van der Waals surface area (Å²) in [7, 11) is 0. The zero-order valence-corrected chi connectivity index (χ0v) is 21.3. The van der Waals surface area contributed by atoms with Gasteiger partial charge in [-0.25, -0.2) is 19.3 Å². The number of alkyl halides is 2. The summed E-state index contributed by atoms with van der Waals surface area (Å²) < 4.78 is 48.5. The summed E-state index contributed by atoms with van der Waals surface area (Å²) in [5, 5.41) is 9.00. The van der Waals surface area contributed by atoms with Crippen molar-refractivity contribution in [2.75, 3.05) is 37.6 Å². The highest BCUT2D eigenvalue weighted by molar-refractivity contribution is 5.84. The van der Waals surface area contributed by atoms with E-state index in [4.69, 9.17) is 14.8 Å². The van der Waals surface area contributed by atoms with Crippen molar-refractivity contribution in [3.05, 3.63) is 66.0 Å². The number of hydrogen-bond acceptors (Lipinski definition) is 7. The van der Waals surface area contributed by atoms with Crippen molar-refractivity contribution in [3.63, 3.8) is 0 Å². The highest BCUT2D eigenvalue weighted by atomic mass is 19.3. The van der Waals surface area contributed by atoms with Crippen LogP contribution >= 0.6 is 0 Å². The summed E-state index contributed by atoms with van der Waals surface area (Å²) in [6.07, 6.45) is 4.06. The molecule has 1 N–H and O–H groups in total. The number of imidazole rings is 1. The quantitative estimate of drug-likeness (QED) is 0.367. The molecule has 2 fully saturated rings. The van der Waals surface area contributed by atoms with E-state index in [0.717, 1.165) is 12.2 Å². The number of ether oxygens (including phenoxy) is 1. The molecule has 1 saturated carbocycles. The van der Waals surface area contributed by atoms with Gasteiger partial charge in [0.25, 0.3) is 0 Å². The van der Waals surface area contributed by atoms with E-state index in [-0.39, 0.29) is 30.2 Å². The lowest BCUT2D eigenvalue weighted by atomic mass is 10.0. The lowest BCUT2D eigenvalue weighted by Crippen LogP contribution is -2.48. The first-order valence-electron chi connectivity index (χ1n) is 13.1. The minimum atomic E-state index is -2.94. The lowest BCUT2D eigenvalue weighted by molar-refractivity contribution is -0.138. The minimum Gasteiger partial charge on any atom is -0.480 e. The third-order valence-electron chi connectivity index (χ3n) is 8.08. The molecule has 0 radical (unpaired) electrons. The summed E-state index contributed by atoms with van der Waals surface area (Å²) in [5.74, 6) is 0.587. The van der Waals surface area contributed by atoms with Gasteiger partial charge in [0.05, 0.1) is 23.6 Å². The average molecular weight is 551 g/mol. The molecule has 2 aromatic heterocycles. The second-order valence-electron chi connectivity index (χ2n) is 10.5. The molecule has 2 aromatic carbocycles. The van der Waals surface area contributed by atoms with E-state index in [0.29, 0.717) is 59.9 Å². The zero-order valence-electron chi connectivity index (χ0n) is 21.3. The summed E-state index contributed by atoms with van der Waals surface area (Å²) in [6.45, 7) is -0.576. The Kier molecular flexibility index (Phi) is 5.88. The second kappa shape index (κ2) is 9.47. The second-order valence-corrected chi connectivity index (χ2v) is 10.5.